The third kappa shape index (κ3) is 5.72. The van der Waals surface area contributed by atoms with Crippen LogP contribution in [0.3, 0.4) is 0 Å². The Kier molecular flexibility index (Phi) is 7.74. The number of amides is 1. The van der Waals surface area contributed by atoms with Crippen molar-refractivity contribution in [3.05, 3.63) is 58.7 Å². The van der Waals surface area contributed by atoms with Gasteiger partial charge < -0.3 is 14.5 Å². The number of hydrogen-bond donors (Lipinski definition) is 3. The van der Waals surface area contributed by atoms with Gasteiger partial charge in [-0.3, -0.25) is 10.0 Å². The zero-order valence-corrected chi connectivity index (χ0v) is 22.1. The van der Waals surface area contributed by atoms with Crippen LogP contribution in [0.4, 0.5) is 11.8 Å². The number of nitrogens with one attached hydrogen (secondary N) is 1. The highest BCUT2D eigenvalue weighted by Crippen LogP contribution is 2.35. The number of aromatic nitrogens is 4. The van der Waals surface area contributed by atoms with Crippen LogP contribution in [-0.2, 0) is 27.7 Å². The van der Waals surface area contributed by atoms with Gasteiger partial charge in [-0.05, 0) is 11.6 Å². The molecule has 1 aliphatic rings. The molecule has 38 heavy (non-hydrogen) atoms. The number of nitrogens with zero attached hydrogens (tertiary/aromatic N) is 6. The van der Waals surface area contributed by atoms with Crippen molar-refractivity contribution in [3.63, 3.8) is 0 Å². The van der Waals surface area contributed by atoms with Crippen LogP contribution in [-0.4, -0.2) is 72.8 Å². The molecule has 1 aliphatic heterocycles. The topological polar surface area (TPSA) is 151 Å². The average molecular weight is 556 g/mol. The molecule has 0 spiro atoms. The van der Waals surface area contributed by atoms with Crippen molar-refractivity contribution in [2.24, 2.45) is 0 Å². The summed E-state index contributed by atoms with van der Waals surface area (Å²) >= 11 is 1.60. The fourth-order valence-corrected chi connectivity index (χ4v) is 5.75. The number of hydrogen-bond acceptors (Lipinski definition) is 12. The fraction of sp³-hybridized carbons (Fsp3) is 0.292. The van der Waals surface area contributed by atoms with E-state index in [1.54, 1.807) is 28.9 Å². The third-order valence-corrected chi connectivity index (χ3v) is 7.70. The summed E-state index contributed by atoms with van der Waals surface area (Å²) in [5.74, 6) is 1.16. The van der Waals surface area contributed by atoms with Gasteiger partial charge in [0.2, 0.25) is 5.95 Å². The molecular formula is C24H25N7O5S2. The Morgan fingerprint density at radius 1 is 1.16 bits per heavy atom. The molecule has 198 valence electrons. The lowest BCUT2D eigenvalue weighted by Gasteiger charge is -2.28. The van der Waals surface area contributed by atoms with E-state index in [1.807, 2.05) is 30.1 Å². The molecular weight excluding hydrogens is 530 g/mol. The Hall–Kier alpha value is -3.72. The van der Waals surface area contributed by atoms with Gasteiger partial charge in [-0.2, -0.15) is 0 Å². The summed E-state index contributed by atoms with van der Waals surface area (Å²) in [6.07, 6.45) is 2.70. The lowest BCUT2D eigenvalue weighted by molar-refractivity contribution is 0.0705. The number of fused-ring (bicyclic) bond motifs is 1. The molecule has 0 bridgehead atoms. The van der Waals surface area contributed by atoms with Gasteiger partial charge in [-0.15, -0.1) is 11.3 Å². The standard InChI is InChI=1S/C24H25N7O5S2/c1-30(24-25-11-17(12-26-24)23(32)29-33)13-18-10-19-20(37-18)22(31-6-8-36-9-7-31)28-21(27-19)16-4-2-15(3-5-16)14-38(34)35/h2-5,10-12,33,38H,6-9,13-14H2,1H3,(H,29,32). The largest absolute Gasteiger partial charge is 0.378 e. The molecule has 5 rings (SSSR count). The summed E-state index contributed by atoms with van der Waals surface area (Å²) in [6.45, 7) is 3.18. The first-order valence-corrected chi connectivity index (χ1v) is 13.9. The number of carbonyl (C=O) groups is 1. The molecule has 3 aromatic heterocycles. The van der Waals surface area contributed by atoms with E-state index in [9.17, 15) is 13.2 Å². The average Bonchev–Trinajstić information content (AvgIpc) is 3.35. The molecule has 14 heteroatoms. The summed E-state index contributed by atoms with van der Waals surface area (Å²) in [6, 6.07) is 9.28. The quantitative estimate of drug-likeness (QED) is 0.166. The summed E-state index contributed by atoms with van der Waals surface area (Å²) in [5, 5.41) is 8.78. The van der Waals surface area contributed by atoms with Gasteiger partial charge in [0.05, 0.1) is 41.3 Å². The number of ether oxygens (including phenoxy) is 1. The SMILES string of the molecule is CN(Cc1cc2nc(-c3ccc(C[SH](=O)=O)cc3)nc(N3CCOCC3)c2s1)c1ncc(C(=O)NO)cn1. The van der Waals surface area contributed by atoms with Crippen LogP contribution < -0.4 is 15.3 Å². The molecule has 0 saturated carbocycles. The van der Waals surface area contributed by atoms with Crippen LogP contribution in [0.5, 0.6) is 0 Å². The van der Waals surface area contributed by atoms with E-state index in [0.29, 0.717) is 37.1 Å². The normalized spacial score (nSPS) is 13.7. The highest BCUT2D eigenvalue weighted by molar-refractivity contribution is 7.71. The lowest BCUT2D eigenvalue weighted by atomic mass is 10.1. The summed E-state index contributed by atoms with van der Waals surface area (Å²) < 4.78 is 28.7. The minimum absolute atomic E-state index is 0.00296. The van der Waals surface area contributed by atoms with Crippen LogP contribution in [0, 0.1) is 0 Å². The molecule has 0 atom stereocenters. The maximum absolute atomic E-state index is 11.5. The summed E-state index contributed by atoms with van der Waals surface area (Å²) in [4.78, 5) is 34.8. The third-order valence-electron chi connectivity index (χ3n) is 5.98. The van der Waals surface area contributed by atoms with Crippen LogP contribution in [0.25, 0.3) is 21.6 Å². The molecule has 1 aromatic carbocycles. The van der Waals surface area contributed by atoms with Crippen LogP contribution in [0.15, 0.2) is 42.7 Å². The zero-order chi connectivity index (χ0) is 26.6. The van der Waals surface area contributed by atoms with Crippen molar-refractivity contribution in [1.82, 2.24) is 25.4 Å². The molecule has 12 nitrogen and oxygen atoms in total. The van der Waals surface area contributed by atoms with E-state index in [0.717, 1.165) is 39.6 Å². The van der Waals surface area contributed by atoms with E-state index in [4.69, 9.17) is 19.9 Å². The summed E-state index contributed by atoms with van der Waals surface area (Å²) in [7, 11) is -0.644. The zero-order valence-electron chi connectivity index (χ0n) is 20.4. The Morgan fingerprint density at radius 2 is 1.87 bits per heavy atom. The van der Waals surface area contributed by atoms with Gasteiger partial charge in [-0.25, -0.2) is 33.8 Å². The highest BCUT2D eigenvalue weighted by atomic mass is 32.2. The number of rotatable bonds is 8. The molecule has 0 unspecified atom stereocenters. The first-order valence-electron chi connectivity index (χ1n) is 11.7. The predicted molar refractivity (Wildman–Crippen MR) is 143 cm³/mol. The first-order chi connectivity index (χ1) is 18.4. The van der Waals surface area contributed by atoms with Gasteiger partial charge in [0, 0.05) is 43.0 Å². The Balaban J connectivity index is 1.46. The Bertz CT molecular complexity index is 1510. The first kappa shape index (κ1) is 25.9. The Morgan fingerprint density at radius 3 is 2.53 bits per heavy atom. The summed E-state index contributed by atoms with van der Waals surface area (Å²) in [5.41, 5.74) is 4.05. The second-order valence-electron chi connectivity index (χ2n) is 8.65. The van der Waals surface area contributed by atoms with E-state index >= 15 is 0 Å². The van der Waals surface area contributed by atoms with E-state index in [-0.39, 0.29) is 11.3 Å². The molecule has 2 N–H and O–H groups in total. The molecule has 1 saturated heterocycles. The van der Waals surface area contributed by atoms with Gasteiger partial charge in [0.25, 0.3) is 5.91 Å². The number of morpholine rings is 1. The van der Waals surface area contributed by atoms with Crippen LogP contribution in [0.1, 0.15) is 20.8 Å². The van der Waals surface area contributed by atoms with E-state index < -0.39 is 16.6 Å². The van der Waals surface area contributed by atoms with Gasteiger partial charge in [-0.1, -0.05) is 24.3 Å². The number of hydroxylamine groups is 1. The number of benzene rings is 1. The second-order valence-corrected chi connectivity index (χ2v) is 10.8. The van der Waals surface area contributed by atoms with Crippen LogP contribution in [0.2, 0.25) is 0 Å². The number of thiol groups is 1. The van der Waals surface area contributed by atoms with E-state index in [2.05, 4.69) is 14.9 Å². The van der Waals surface area contributed by atoms with Gasteiger partial charge in [0.1, 0.15) is 10.7 Å². The van der Waals surface area contributed by atoms with Crippen molar-refractivity contribution in [2.75, 3.05) is 43.2 Å². The maximum atomic E-state index is 11.5. The molecule has 0 radical (unpaired) electrons. The minimum Gasteiger partial charge on any atom is -0.378 e. The van der Waals surface area contributed by atoms with Crippen molar-refractivity contribution < 1.29 is 23.2 Å². The molecule has 1 amide bonds. The number of thiophene rings is 1. The maximum Gasteiger partial charge on any atom is 0.277 e. The smallest absolute Gasteiger partial charge is 0.277 e. The van der Waals surface area contributed by atoms with Gasteiger partial charge in [0.15, 0.2) is 11.6 Å². The minimum atomic E-state index is -2.49. The lowest BCUT2D eigenvalue weighted by Crippen LogP contribution is -2.36. The molecule has 4 aromatic rings. The Labute approximate surface area is 223 Å². The van der Waals surface area contributed by atoms with Crippen molar-refractivity contribution in [1.29, 1.82) is 0 Å². The molecule has 1 fully saturated rings. The molecule has 0 aliphatic carbocycles. The van der Waals surface area contributed by atoms with Crippen molar-refractivity contribution >= 4 is 49.9 Å². The van der Waals surface area contributed by atoms with Gasteiger partial charge >= 0.3 is 0 Å². The van der Waals surface area contributed by atoms with Crippen LogP contribution >= 0.6 is 11.3 Å². The second kappa shape index (κ2) is 11.3. The van der Waals surface area contributed by atoms with Crippen molar-refractivity contribution in [2.45, 2.75) is 12.3 Å². The highest BCUT2D eigenvalue weighted by Gasteiger charge is 2.21. The molecule has 4 heterocycles. The fourth-order valence-electron chi connectivity index (χ4n) is 4.07. The monoisotopic (exact) mass is 555 g/mol. The van der Waals surface area contributed by atoms with E-state index in [1.165, 1.54) is 12.4 Å². The van der Waals surface area contributed by atoms with Crippen molar-refractivity contribution in [3.8, 4) is 11.4 Å². The number of anilines is 2. The predicted octanol–water partition coefficient (Wildman–Crippen LogP) is 1.85. The number of carbonyl (C=O) groups excluding carboxylic acids is 1.